The minimum Gasteiger partial charge on any atom is -0.323 e. The van der Waals surface area contributed by atoms with Crippen LogP contribution in [0.15, 0.2) is 18.2 Å². The maximum Gasteiger partial charge on any atom is 0.231 e. The molecule has 1 aliphatic heterocycles. The molecule has 1 fully saturated rings. The number of rotatable bonds is 3. The summed E-state index contributed by atoms with van der Waals surface area (Å²) in [6.45, 7) is 3.61. The molecule has 1 heterocycles. The second-order valence-corrected chi connectivity index (χ2v) is 5.43. The summed E-state index contributed by atoms with van der Waals surface area (Å²) in [6, 6.07) is 5.19. The second-order valence-electron chi connectivity index (χ2n) is 4.61. The van der Waals surface area contributed by atoms with Crippen molar-refractivity contribution in [2.24, 2.45) is 5.41 Å². The third-order valence-corrected chi connectivity index (χ3v) is 4.23. The molecule has 1 aromatic rings. The number of anilines is 1. The number of carbonyl (C=O) groups is 1. The number of halogens is 2. The molecular weight excluding hydrogens is 271 g/mol. The quantitative estimate of drug-likeness (QED) is 0.895. The van der Waals surface area contributed by atoms with E-state index < -0.39 is 0 Å². The average Bonchev–Trinajstić information content (AvgIpc) is 2.84. The van der Waals surface area contributed by atoms with Crippen molar-refractivity contribution in [3.05, 3.63) is 28.2 Å². The number of nitrogens with one attached hydrogen (secondary N) is 2. The molecule has 0 aliphatic carbocycles. The molecule has 0 spiro atoms. The van der Waals surface area contributed by atoms with Crippen LogP contribution in [-0.2, 0) is 4.79 Å². The molecule has 1 aromatic carbocycles. The summed E-state index contributed by atoms with van der Waals surface area (Å²) >= 11 is 12.1. The van der Waals surface area contributed by atoms with Crippen LogP contribution in [0.5, 0.6) is 0 Å². The van der Waals surface area contributed by atoms with Crippen LogP contribution in [0.3, 0.4) is 0 Å². The van der Waals surface area contributed by atoms with Gasteiger partial charge < -0.3 is 10.6 Å². The second kappa shape index (κ2) is 5.47. The van der Waals surface area contributed by atoms with Gasteiger partial charge in [-0.1, -0.05) is 36.2 Å². The summed E-state index contributed by atoms with van der Waals surface area (Å²) in [4.78, 5) is 12.4. The average molecular weight is 287 g/mol. The topological polar surface area (TPSA) is 41.1 Å². The third kappa shape index (κ3) is 2.48. The summed E-state index contributed by atoms with van der Waals surface area (Å²) < 4.78 is 0. The highest BCUT2D eigenvalue weighted by molar-refractivity contribution is 6.39. The van der Waals surface area contributed by atoms with E-state index in [4.69, 9.17) is 23.2 Å². The molecule has 0 radical (unpaired) electrons. The Morgan fingerprint density at radius 2 is 2.11 bits per heavy atom. The molecule has 2 rings (SSSR count). The fourth-order valence-electron chi connectivity index (χ4n) is 2.26. The van der Waals surface area contributed by atoms with E-state index in [9.17, 15) is 4.79 Å². The number of carbonyl (C=O) groups excluding carboxylic acids is 1. The SMILES string of the molecule is CCC1(C(=O)Nc2c(Cl)cccc2Cl)CCNC1. The van der Waals surface area contributed by atoms with Gasteiger partial charge in [-0.2, -0.15) is 0 Å². The molecular formula is C13H16Cl2N2O. The molecule has 3 nitrogen and oxygen atoms in total. The minimum absolute atomic E-state index is 0.00926. The first-order chi connectivity index (χ1) is 8.59. The van der Waals surface area contributed by atoms with Gasteiger partial charge in [0.2, 0.25) is 5.91 Å². The zero-order chi connectivity index (χ0) is 13.2. The van der Waals surface area contributed by atoms with Gasteiger partial charge >= 0.3 is 0 Å². The van der Waals surface area contributed by atoms with Crippen LogP contribution in [0.1, 0.15) is 19.8 Å². The van der Waals surface area contributed by atoms with Crippen LogP contribution in [0, 0.1) is 5.41 Å². The molecule has 2 N–H and O–H groups in total. The summed E-state index contributed by atoms with van der Waals surface area (Å²) in [5, 5.41) is 7.03. The maximum absolute atomic E-state index is 12.4. The van der Waals surface area contributed by atoms with E-state index in [0.717, 1.165) is 19.4 Å². The van der Waals surface area contributed by atoms with E-state index in [1.807, 2.05) is 6.92 Å². The molecule has 1 aliphatic rings. The van der Waals surface area contributed by atoms with Gasteiger partial charge in [0.15, 0.2) is 0 Å². The van der Waals surface area contributed by atoms with Crippen LogP contribution in [0.25, 0.3) is 0 Å². The lowest BCUT2D eigenvalue weighted by atomic mass is 9.83. The van der Waals surface area contributed by atoms with Crippen LogP contribution >= 0.6 is 23.2 Å². The molecule has 1 atom stereocenters. The van der Waals surface area contributed by atoms with Crippen molar-refractivity contribution in [1.82, 2.24) is 5.32 Å². The molecule has 0 bridgehead atoms. The van der Waals surface area contributed by atoms with Gasteiger partial charge in [-0.3, -0.25) is 4.79 Å². The maximum atomic E-state index is 12.4. The van der Waals surface area contributed by atoms with Gasteiger partial charge in [0.1, 0.15) is 0 Å². The Balaban J connectivity index is 2.21. The van der Waals surface area contributed by atoms with Gasteiger partial charge in [0.05, 0.1) is 21.1 Å². The molecule has 5 heteroatoms. The molecule has 18 heavy (non-hydrogen) atoms. The van der Waals surface area contributed by atoms with Crippen LogP contribution in [0.4, 0.5) is 5.69 Å². The predicted octanol–water partition coefficient (Wildman–Crippen LogP) is 3.32. The highest BCUT2D eigenvalue weighted by atomic mass is 35.5. The summed E-state index contributed by atoms with van der Waals surface area (Å²) in [6.07, 6.45) is 1.64. The molecule has 0 aromatic heterocycles. The van der Waals surface area contributed by atoms with Crippen molar-refractivity contribution < 1.29 is 4.79 Å². The minimum atomic E-state index is -0.345. The van der Waals surface area contributed by atoms with Crippen molar-refractivity contribution in [3.8, 4) is 0 Å². The largest absolute Gasteiger partial charge is 0.323 e. The molecule has 0 saturated carbocycles. The Kier molecular flexibility index (Phi) is 4.15. The lowest BCUT2D eigenvalue weighted by molar-refractivity contribution is -0.124. The first kappa shape index (κ1) is 13.7. The number of hydrogen-bond acceptors (Lipinski definition) is 2. The number of hydrogen-bond donors (Lipinski definition) is 2. The lowest BCUT2D eigenvalue weighted by Crippen LogP contribution is -2.37. The fraction of sp³-hybridized carbons (Fsp3) is 0.462. The highest BCUT2D eigenvalue weighted by Gasteiger charge is 2.39. The Hall–Kier alpha value is -0.770. The molecule has 1 unspecified atom stereocenters. The van der Waals surface area contributed by atoms with Crippen molar-refractivity contribution in [2.45, 2.75) is 19.8 Å². The van der Waals surface area contributed by atoms with E-state index in [0.29, 0.717) is 22.3 Å². The van der Waals surface area contributed by atoms with Crippen LogP contribution < -0.4 is 10.6 Å². The van der Waals surface area contributed by atoms with Crippen molar-refractivity contribution in [3.63, 3.8) is 0 Å². The Morgan fingerprint density at radius 3 is 2.61 bits per heavy atom. The molecule has 98 valence electrons. The van der Waals surface area contributed by atoms with Gasteiger partial charge in [0, 0.05) is 6.54 Å². The first-order valence-corrected chi connectivity index (χ1v) is 6.81. The smallest absolute Gasteiger partial charge is 0.231 e. The first-order valence-electron chi connectivity index (χ1n) is 6.05. The van der Waals surface area contributed by atoms with E-state index in [2.05, 4.69) is 10.6 Å². The number of benzene rings is 1. The Labute approximate surface area is 117 Å². The van der Waals surface area contributed by atoms with E-state index in [1.54, 1.807) is 18.2 Å². The van der Waals surface area contributed by atoms with E-state index in [-0.39, 0.29) is 11.3 Å². The van der Waals surface area contributed by atoms with Crippen LogP contribution in [0.2, 0.25) is 10.0 Å². The Bertz CT molecular complexity index is 436. The summed E-state index contributed by atoms with van der Waals surface area (Å²) in [5.74, 6) is -0.00926. The molecule has 1 amide bonds. The number of para-hydroxylation sites is 1. The van der Waals surface area contributed by atoms with Gasteiger partial charge in [-0.05, 0) is 31.5 Å². The van der Waals surface area contributed by atoms with Gasteiger partial charge in [-0.25, -0.2) is 0 Å². The zero-order valence-electron chi connectivity index (χ0n) is 10.2. The normalized spacial score (nSPS) is 23.1. The van der Waals surface area contributed by atoms with Crippen LogP contribution in [-0.4, -0.2) is 19.0 Å². The predicted molar refractivity (Wildman–Crippen MR) is 75.3 cm³/mol. The van der Waals surface area contributed by atoms with Gasteiger partial charge in [-0.15, -0.1) is 0 Å². The highest BCUT2D eigenvalue weighted by Crippen LogP contribution is 2.35. The van der Waals surface area contributed by atoms with Crippen molar-refractivity contribution in [1.29, 1.82) is 0 Å². The van der Waals surface area contributed by atoms with E-state index >= 15 is 0 Å². The Morgan fingerprint density at radius 1 is 1.44 bits per heavy atom. The van der Waals surface area contributed by atoms with Gasteiger partial charge in [0.25, 0.3) is 0 Å². The van der Waals surface area contributed by atoms with Crippen molar-refractivity contribution in [2.75, 3.05) is 18.4 Å². The fourth-order valence-corrected chi connectivity index (χ4v) is 2.76. The standard InChI is InChI=1S/C13H16Cl2N2O/c1-2-13(6-7-16-8-13)12(18)17-11-9(14)4-3-5-10(11)15/h3-5,16H,2,6-8H2,1H3,(H,17,18). The molecule has 1 saturated heterocycles. The van der Waals surface area contributed by atoms with Crippen molar-refractivity contribution >= 4 is 34.8 Å². The zero-order valence-corrected chi connectivity index (χ0v) is 11.7. The summed E-state index contributed by atoms with van der Waals surface area (Å²) in [5.41, 5.74) is 0.160. The van der Waals surface area contributed by atoms with E-state index in [1.165, 1.54) is 0 Å². The lowest BCUT2D eigenvalue weighted by Gasteiger charge is -2.25. The third-order valence-electron chi connectivity index (χ3n) is 3.60. The number of amides is 1. The summed E-state index contributed by atoms with van der Waals surface area (Å²) in [7, 11) is 0. The monoisotopic (exact) mass is 286 g/mol.